The van der Waals surface area contributed by atoms with Gasteiger partial charge in [-0.25, -0.2) is 0 Å². The van der Waals surface area contributed by atoms with Gasteiger partial charge in [0.15, 0.2) is 0 Å². The first kappa shape index (κ1) is 19.6. The number of hydrogen-bond acceptors (Lipinski definition) is 3. The predicted molar refractivity (Wildman–Crippen MR) is 109 cm³/mol. The fourth-order valence-electron chi connectivity index (χ4n) is 4.28. The largest absolute Gasteiger partial charge is 0.338 e. The third-order valence-electron chi connectivity index (χ3n) is 6.11. The number of aryl methyl sites for hydroxylation is 2. The SMILES string of the molecule is CCN(C(=O)Cc1c(C)nn(C)c1C)C1CCN(C(C)c2ccccc2)C1. The lowest BCUT2D eigenvalue weighted by Crippen LogP contribution is -2.43. The first-order valence-electron chi connectivity index (χ1n) is 9.99. The molecule has 0 aliphatic carbocycles. The van der Waals surface area contributed by atoms with Gasteiger partial charge in [0, 0.05) is 50.0 Å². The number of amides is 1. The highest BCUT2D eigenvalue weighted by Crippen LogP contribution is 2.27. The van der Waals surface area contributed by atoms with Crippen LogP contribution in [0.25, 0.3) is 0 Å². The number of nitrogens with zero attached hydrogens (tertiary/aromatic N) is 4. The maximum absolute atomic E-state index is 13.1. The van der Waals surface area contributed by atoms with E-state index >= 15 is 0 Å². The molecule has 1 aliphatic heterocycles. The lowest BCUT2D eigenvalue weighted by Gasteiger charge is -2.30. The number of carbonyl (C=O) groups excluding carboxylic acids is 1. The summed E-state index contributed by atoms with van der Waals surface area (Å²) in [5.41, 5.74) is 4.47. The van der Waals surface area contributed by atoms with Crippen molar-refractivity contribution in [3.05, 3.63) is 52.8 Å². The van der Waals surface area contributed by atoms with Crippen LogP contribution in [0, 0.1) is 13.8 Å². The standard InChI is InChI=1S/C22H32N4O/c1-6-26(22(27)14-21-16(2)23-24(5)18(21)4)20-12-13-25(15-20)17(3)19-10-8-7-9-11-19/h7-11,17,20H,6,12-15H2,1-5H3. The Bertz CT molecular complexity index is 783. The minimum atomic E-state index is 0.218. The van der Waals surface area contributed by atoms with Crippen LogP contribution >= 0.6 is 0 Å². The van der Waals surface area contributed by atoms with Crippen molar-refractivity contribution in [1.82, 2.24) is 19.6 Å². The van der Waals surface area contributed by atoms with Crippen LogP contribution in [-0.2, 0) is 18.3 Å². The van der Waals surface area contributed by atoms with Crippen LogP contribution in [0.2, 0.25) is 0 Å². The summed E-state index contributed by atoms with van der Waals surface area (Å²) in [6.07, 6.45) is 1.49. The summed E-state index contributed by atoms with van der Waals surface area (Å²) in [7, 11) is 1.94. The minimum Gasteiger partial charge on any atom is -0.338 e. The van der Waals surface area contributed by atoms with Crippen molar-refractivity contribution in [2.24, 2.45) is 7.05 Å². The molecule has 3 rings (SSSR count). The monoisotopic (exact) mass is 368 g/mol. The van der Waals surface area contributed by atoms with E-state index < -0.39 is 0 Å². The fourth-order valence-corrected chi connectivity index (χ4v) is 4.28. The lowest BCUT2D eigenvalue weighted by atomic mass is 10.1. The molecule has 2 atom stereocenters. The van der Waals surface area contributed by atoms with Crippen molar-refractivity contribution >= 4 is 5.91 Å². The molecule has 27 heavy (non-hydrogen) atoms. The van der Waals surface area contributed by atoms with Gasteiger partial charge < -0.3 is 4.90 Å². The zero-order valence-electron chi connectivity index (χ0n) is 17.3. The van der Waals surface area contributed by atoms with Crippen molar-refractivity contribution in [2.75, 3.05) is 19.6 Å². The maximum Gasteiger partial charge on any atom is 0.227 e. The van der Waals surface area contributed by atoms with Crippen molar-refractivity contribution in [2.45, 2.75) is 52.6 Å². The van der Waals surface area contributed by atoms with Crippen LogP contribution in [0.3, 0.4) is 0 Å². The van der Waals surface area contributed by atoms with E-state index in [0.717, 1.165) is 43.0 Å². The Hall–Kier alpha value is -2.14. The Labute approximate surface area is 163 Å². The zero-order valence-corrected chi connectivity index (χ0v) is 17.3. The molecule has 1 aromatic carbocycles. The molecule has 2 heterocycles. The van der Waals surface area contributed by atoms with E-state index in [-0.39, 0.29) is 5.91 Å². The number of carbonyl (C=O) groups is 1. The predicted octanol–water partition coefficient (Wildman–Crippen LogP) is 3.26. The van der Waals surface area contributed by atoms with E-state index in [0.29, 0.717) is 18.5 Å². The molecule has 1 amide bonds. The number of likely N-dealkylation sites (tertiary alicyclic amines) is 1. The second kappa shape index (κ2) is 8.26. The molecule has 1 aromatic heterocycles. The topological polar surface area (TPSA) is 41.4 Å². The second-order valence-corrected chi connectivity index (χ2v) is 7.65. The van der Waals surface area contributed by atoms with Gasteiger partial charge in [0.05, 0.1) is 12.1 Å². The first-order valence-corrected chi connectivity index (χ1v) is 9.99. The second-order valence-electron chi connectivity index (χ2n) is 7.65. The van der Waals surface area contributed by atoms with E-state index in [1.807, 2.05) is 25.6 Å². The van der Waals surface area contributed by atoms with Crippen molar-refractivity contribution in [3.63, 3.8) is 0 Å². The summed E-state index contributed by atoms with van der Waals surface area (Å²) in [4.78, 5) is 17.6. The molecular weight excluding hydrogens is 336 g/mol. The highest BCUT2D eigenvalue weighted by Gasteiger charge is 2.32. The molecule has 1 aliphatic rings. The molecule has 2 unspecified atom stereocenters. The smallest absolute Gasteiger partial charge is 0.227 e. The normalized spacial score (nSPS) is 18.6. The fraction of sp³-hybridized carbons (Fsp3) is 0.545. The van der Waals surface area contributed by atoms with Gasteiger partial charge in [-0.2, -0.15) is 5.10 Å². The molecule has 5 heteroatoms. The molecule has 0 spiro atoms. The van der Waals surface area contributed by atoms with Gasteiger partial charge in [-0.05, 0) is 39.7 Å². The van der Waals surface area contributed by atoms with Gasteiger partial charge in [0.2, 0.25) is 5.91 Å². The van der Waals surface area contributed by atoms with E-state index in [1.165, 1.54) is 5.56 Å². The quantitative estimate of drug-likeness (QED) is 0.786. The van der Waals surface area contributed by atoms with Crippen LogP contribution < -0.4 is 0 Å². The average molecular weight is 369 g/mol. The minimum absolute atomic E-state index is 0.218. The summed E-state index contributed by atoms with van der Waals surface area (Å²) in [6.45, 7) is 11.1. The average Bonchev–Trinajstić information content (AvgIpc) is 3.23. The van der Waals surface area contributed by atoms with E-state index in [9.17, 15) is 4.79 Å². The number of aromatic nitrogens is 2. The molecule has 0 radical (unpaired) electrons. The van der Waals surface area contributed by atoms with Crippen LogP contribution in [-0.4, -0.2) is 51.2 Å². The Morgan fingerprint density at radius 3 is 2.59 bits per heavy atom. The molecule has 1 fully saturated rings. The van der Waals surface area contributed by atoms with Crippen molar-refractivity contribution in [1.29, 1.82) is 0 Å². The maximum atomic E-state index is 13.1. The molecule has 2 aromatic rings. The molecule has 0 saturated carbocycles. The van der Waals surface area contributed by atoms with E-state index in [2.05, 4.69) is 59.1 Å². The van der Waals surface area contributed by atoms with Crippen LogP contribution in [0.5, 0.6) is 0 Å². The molecule has 0 N–H and O–H groups in total. The zero-order chi connectivity index (χ0) is 19.6. The van der Waals surface area contributed by atoms with Gasteiger partial charge >= 0.3 is 0 Å². The van der Waals surface area contributed by atoms with Crippen molar-refractivity contribution < 1.29 is 4.79 Å². The summed E-state index contributed by atoms with van der Waals surface area (Å²) in [5.74, 6) is 0.218. The van der Waals surface area contributed by atoms with E-state index in [1.54, 1.807) is 0 Å². The summed E-state index contributed by atoms with van der Waals surface area (Å²) in [5, 5.41) is 4.45. The van der Waals surface area contributed by atoms with Crippen LogP contribution in [0.15, 0.2) is 30.3 Å². The number of benzene rings is 1. The van der Waals surface area contributed by atoms with Gasteiger partial charge in [-0.3, -0.25) is 14.4 Å². The van der Waals surface area contributed by atoms with Gasteiger partial charge in [-0.15, -0.1) is 0 Å². The molecule has 146 valence electrons. The third-order valence-corrected chi connectivity index (χ3v) is 6.11. The highest BCUT2D eigenvalue weighted by atomic mass is 16.2. The summed E-state index contributed by atoms with van der Waals surface area (Å²) >= 11 is 0. The number of likely N-dealkylation sites (N-methyl/N-ethyl adjacent to an activating group) is 1. The Morgan fingerprint density at radius 2 is 2.00 bits per heavy atom. The van der Waals surface area contributed by atoms with E-state index in [4.69, 9.17) is 0 Å². The van der Waals surface area contributed by atoms with Crippen molar-refractivity contribution in [3.8, 4) is 0 Å². The Morgan fingerprint density at radius 1 is 1.30 bits per heavy atom. The Kier molecular flexibility index (Phi) is 6.00. The van der Waals surface area contributed by atoms with Gasteiger partial charge in [0.25, 0.3) is 0 Å². The third kappa shape index (κ3) is 4.08. The molecule has 1 saturated heterocycles. The van der Waals surface area contributed by atoms with Gasteiger partial charge in [0.1, 0.15) is 0 Å². The van der Waals surface area contributed by atoms with Gasteiger partial charge in [-0.1, -0.05) is 30.3 Å². The number of hydrogen-bond donors (Lipinski definition) is 0. The summed E-state index contributed by atoms with van der Waals surface area (Å²) < 4.78 is 1.87. The first-order chi connectivity index (χ1) is 12.9. The highest BCUT2D eigenvalue weighted by molar-refractivity contribution is 5.79. The lowest BCUT2D eigenvalue weighted by molar-refractivity contribution is -0.132. The number of rotatable bonds is 6. The van der Waals surface area contributed by atoms with Crippen LogP contribution in [0.1, 0.15) is 48.8 Å². The molecule has 5 nitrogen and oxygen atoms in total. The van der Waals surface area contributed by atoms with Crippen LogP contribution in [0.4, 0.5) is 0 Å². The molecule has 0 bridgehead atoms. The Balaban J connectivity index is 1.66. The summed E-state index contributed by atoms with van der Waals surface area (Å²) in [6, 6.07) is 11.3. The molecular formula is C22H32N4O.